The van der Waals surface area contributed by atoms with E-state index < -0.39 is 0 Å². The number of aromatic nitrogens is 3. The quantitative estimate of drug-likeness (QED) is 0.284. The third-order valence-corrected chi connectivity index (χ3v) is 6.42. The molecular weight excluding hydrogens is 444 g/mol. The number of pyridine rings is 1. The molecule has 5 aromatic rings. The summed E-state index contributed by atoms with van der Waals surface area (Å²) in [6.45, 7) is 0.810. The average Bonchev–Trinajstić information content (AvgIpc) is 3.31. The first-order chi connectivity index (χ1) is 16.7. The molecule has 0 amide bonds. The molecule has 6 heteroatoms. The molecule has 6 rings (SSSR count). The fourth-order valence-electron chi connectivity index (χ4n) is 4.56. The van der Waals surface area contributed by atoms with Crippen molar-refractivity contribution in [3.05, 3.63) is 101 Å². The average molecular weight is 463 g/mol. The Kier molecular flexibility index (Phi) is 5.04. The number of carbonyl (C=O) groups is 1. The van der Waals surface area contributed by atoms with E-state index >= 15 is 0 Å². The third kappa shape index (κ3) is 3.51. The molecule has 3 heterocycles. The normalized spacial score (nSPS) is 12.7. The Morgan fingerprint density at radius 2 is 1.82 bits per heavy atom. The number of benzene rings is 3. The Morgan fingerprint density at radius 3 is 2.68 bits per heavy atom. The highest BCUT2D eigenvalue weighted by Crippen LogP contribution is 2.39. The number of carbonyl (C=O) groups excluding carboxylic acids is 1. The second kappa shape index (κ2) is 8.36. The zero-order valence-electron chi connectivity index (χ0n) is 18.1. The number of halogens is 1. The summed E-state index contributed by atoms with van der Waals surface area (Å²) in [5, 5.41) is 1.69. The van der Waals surface area contributed by atoms with Gasteiger partial charge in [0.15, 0.2) is 12.1 Å². The number of nitrogens with zero attached hydrogens (tertiary/aromatic N) is 4. The fourth-order valence-corrected chi connectivity index (χ4v) is 4.76. The zero-order valence-corrected chi connectivity index (χ0v) is 18.9. The second-order valence-electron chi connectivity index (χ2n) is 8.22. The maximum atomic E-state index is 11.6. The smallest absolute Gasteiger partial charge is 0.163 e. The van der Waals surface area contributed by atoms with Crippen molar-refractivity contribution in [2.75, 3.05) is 11.4 Å². The summed E-state index contributed by atoms with van der Waals surface area (Å²) in [6, 6.07) is 23.5. The van der Waals surface area contributed by atoms with Crippen molar-refractivity contribution in [1.82, 2.24) is 15.0 Å². The Hall–Kier alpha value is -4.09. The Morgan fingerprint density at radius 1 is 0.912 bits per heavy atom. The van der Waals surface area contributed by atoms with Gasteiger partial charge in [0.25, 0.3) is 0 Å². The van der Waals surface area contributed by atoms with Gasteiger partial charge in [-0.25, -0.2) is 9.97 Å². The number of hydrogen-bond acceptors (Lipinski definition) is 5. The van der Waals surface area contributed by atoms with Crippen molar-refractivity contribution < 1.29 is 4.79 Å². The van der Waals surface area contributed by atoms with Gasteiger partial charge in [0.05, 0.1) is 5.52 Å². The summed E-state index contributed by atoms with van der Waals surface area (Å²) in [4.78, 5) is 28.0. The molecule has 0 fully saturated rings. The largest absolute Gasteiger partial charge is 0.325 e. The number of aldehydes is 1. The summed E-state index contributed by atoms with van der Waals surface area (Å²) in [5.74, 6) is 1.46. The van der Waals surface area contributed by atoms with Crippen LogP contribution in [-0.4, -0.2) is 27.8 Å². The lowest BCUT2D eigenvalue weighted by molar-refractivity contribution is 0.112. The van der Waals surface area contributed by atoms with Crippen LogP contribution in [0.5, 0.6) is 0 Å². The Bertz CT molecular complexity index is 1550. The molecule has 5 nitrogen and oxygen atoms in total. The van der Waals surface area contributed by atoms with Gasteiger partial charge in [-0.2, -0.15) is 0 Å². The van der Waals surface area contributed by atoms with Crippen LogP contribution in [0.4, 0.5) is 11.5 Å². The van der Waals surface area contributed by atoms with Crippen molar-refractivity contribution in [2.24, 2.45) is 0 Å². The van der Waals surface area contributed by atoms with Gasteiger partial charge in [0.2, 0.25) is 0 Å². The number of anilines is 2. The lowest BCUT2D eigenvalue weighted by Gasteiger charge is -2.21. The molecule has 0 N–H and O–H groups in total. The monoisotopic (exact) mass is 462 g/mol. The van der Waals surface area contributed by atoms with E-state index in [9.17, 15) is 4.79 Å². The lowest BCUT2D eigenvalue weighted by Crippen LogP contribution is -2.16. The Balaban J connectivity index is 1.58. The summed E-state index contributed by atoms with van der Waals surface area (Å²) in [7, 11) is 0. The minimum absolute atomic E-state index is 0.610. The molecule has 164 valence electrons. The van der Waals surface area contributed by atoms with E-state index in [-0.39, 0.29) is 0 Å². The second-order valence-corrected chi connectivity index (χ2v) is 8.66. The van der Waals surface area contributed by atoms with Crippen LogP contribution in [-0.2, 0) is 6.42 Å². The van der Waals surface area contributed by atoms with Crippen molar-refractivity contribution in [3.63, 3.8) is 0 Å². The molecule has 0 spiro atoms. The highest BCUT2D eigenvalue weighted by molar-refractivity contribution is 6.30. The van der Waals surface area contributed by atoms with E-state index in [1.807, 2.05) is 66.7 Å². The first kappa shape index (κ1) is 20.5. The molecule has 34 heavy (non-hydrogen) atoms. The standard InChI is InChI=1S/C28H19ClN4O/c29-22-8-10-26-19(14-22)11-13-33(26)28-24-9-7-18(23-6-2-1-4-21(23)17-34)15-25(24)31-27(32-28)20-5-3-12-30-16-20/h1-10,12,14-17H,11,13H2. The predicted octanol–water partition coefficient (Wildman–Crippen LogP) is 6.52. The third-order valence-electron chi connectivity index (χ3n) is 6.19. The first-order valence-corrected chi connectivity index (χ1v) is 11.4. The van der Waals surface area contributed by atoms with Gasteiger partial charge in [0, 0.05) is 46.2 Å². The van der Waals surface area contributed by atoms with Gasteiger partial charge in [-0.05, 0) is 65.6 Å². The number of rotatable bonds is 4. The molecule has 0 saturated carbocycles. The SMILES string of the molecule is O=Cc1ccccc1-c1ccc2c(N3CCc4cc(Cl)ccc43)nc(-c3cccnc3)nc2c1. The van der Waals surface area contributed by atoms with Gasteiger partial charge < -0.3 is 4.90 Å². The van der Waals surface area contributed by atoms with E-state index in [1.54, 1.807) is 12.4 Å². The molecule has 0 atom stereocenters. The molecular formula is C28H19ClN4O. The molecule has 0 radical (unpaired) electrons. The number of hydrogen-bond donors (Lipinski definition) is 0. The van der Waals surface area contributed by atoms with Crippen LogP contribution in [0, 0.1) is 0 Å². The van der Waals surface area contributed by atoms with Crippen LogP contribution in [0.15, 0.2) is 85.2 Å². The maximum absolute atomic E-state index is 11.6. The van der Waals surface area contributed by atoms with Crippen molar-refractivity contribution in [1.29, 1.82) is 0 Å². The summed E-state index contributed by atoms with van der Waals surface area (Å²) >= 11 is 6.24. The lowest BCUT2D eigenvalue weighted by atomic mass is 9.99. The van der Waals surface area contributed by atoms with Crippen LogP contribution in [0.1, 0.15) is 15.9 Å². The highest BCUT2D eigenvalue weighted by atomic mass is 35.5. The van der Waals surface area contributed by atoms with Gasteiger partial charge in [-0.15, -0.1) is 0 Å². The van der Waals surface area contributed by atoms with E-state index in [2.05, 4.69) is 16.0 Å². The van der Waals surface area contributed by atoms with Gasteiger partial charge in [0.1, 0.15) is 5.82 Å². The summed E-state index contributed by atoms with van der Waals surface area (Å²) in [6.07, 6.45) is 5.29. The van der Waals surface area contributed by atoms with E-state index in [4.69, 9.17) is 21.6 Å². The first-order valence-electron chi connectivity index (χ1n) is 11.0. The predicted molar refractivity (Wildman–Crippen MR) is 136 cm³/mol. The van der Waals surface area contributed by atoms with Crippen LogP contribution in [0.2, 0.25) is 5.02 Å². The molecule has 2 aromatic heterocycles. The molecule has 0 bridgehead atoms. The molecule has 3 aromatic carbocycles. The summed E-state index contributed by atoms with van der Waals surface area (Å²) < 4.78 is 0. The van der Waals surface area contributed by atoms with Gasteiger partial charge in [-0.1, -0.05) is 41.9 Å². The fraction of sp³-hybridized carbons (Fsp3) is 0.0714. The molecule has 0 aliphatic carbocycles. The van der Waals surface area contributed by atoms with E-state index in [1.165, 1.54) is 5.56 Å². The van der Waals surface area contributed by atoms with Crippen LogP contribution >= 0.6 is 11.6 Å². The van der Waals surface area contributed by atoms with E-state index in [0.29, 0.717) is 11.4 Å². The van der Waals surface area contributed by atoms with Crippen molar-refractivity contribution >= 4 is 40.3 Å². The molecule has 0 unspecified atom stereocenters. The molecule has 1 aliphatic rings. The molecule has 1 aliphatic heterocycles. The number of fused-ring (bicyclic) bond motifs is 2. The highest BCUT2D eigenvalue weighted by Gasteiger charge is 2.24. The Labute approximate surface area is 201 Å². The minimum Gasteiger partial charge on any atom is -0.325 e. The van der Waals surface area contributed by atoms with Gasteiger partial charge in [-0.3, -0.25) is 9.78 Å². The van der Waals surface area contributed by atoms with Gasteiger partial charge >= 0.3 is 0 Å². The van der Waals surface area contributed by atoms with Crippen molar-refractivity contribution in [2.45, 2.75) is 6.42 Å². The van der Waals surface area contributed by atoms with E-state index in [0.717, 1.165) is 63.4 Å². The minimum atomic E-state index is 0.610. The van der Waals surface area contributed by atoms with Crippen molar-refractivity contribution in [3.8, 4) is 22.5 Å². The van der Waals surface area contributed by atoms with Crippen LogP contribution in [0.25, 0.3) is 33.4 Å². The maximum Gasteiger partial charge on any atom is 0.163 e. The molecule has 0 saturated heterocycles. The van der Waals surface area contributed by atoms with Crippen LogP contribution < -0.4 is 4.90 Å². The van der Waals surface area contributed by atoms with Crippen LogP contribution in [0.3, 0.4) is 0 Å². The zero-order chi connectivity index (χ0) is 23.1. The topological polar surface area (TPSA) is 59.0 Å². The summed E-state index contributed by atoms with van der Waals surface area (Å²) in [5.41, 5.74) is 6.43.